The molecular formula is C16H27NO4. The Labute approximate surface area is 126 Å². The lowest BCUT2D eigenvalue weighted by Gasteiger charge is -2.36. The van der Waals surface area contributed by atoms with E-state index in [0.717, 1.165) is 25.7 Å². The van der Waals surface area contributed by atoms with E-state index in [9.17, 15) is 19.8 Å². The van der Waals surface area contributed by atoms with Crippen molar-refractivity contribution in [3.63, 3.8) is 0 Å². The summed E-state index contributed by atoms with van der Waals surface area (Å²) < 4.78 is 0. The number of nitrogens with one attached hydrogen (secondary N) is 1. The standard InChI is InChI=1S/C16H27NO4/c1-11-5-4-8-16(21,9-11)10-17-14(18)12-6-2-3-7-13(12)15(19)20/h11-13,21H,2-10H2,1H3,(H,17,18)(H,19,20). The molecule has 2 aliphatic carbocycles. The molecule has 120 valence electrons. The second kappa shape index (κ2) is 6.77. The Hall–Kier alpha value is -1.10. The van der Waals surface area contributed by atoms with E-state index in [2.05, 4.69) is 12.2 Å². The third-order valence-corrected chi connectivity index (χ3v) is 5.08. The first kappa shape index (κ1) is 16.3. The summed E-state index contributed by atoms with van der Waals surface area (Å²) in [5.41, 5.74) is -0.819. The highest BCUT2D eigenvalue weighted by Gasteiger charge is 2.38. The topological polar surface area (TPSA) is 86.6 Å². The minimum Gasteiger partial charge on any atom is -0.481 e. The first-order chi connectivity index (χ1) is 9.91. The molecule has 0 aliphatic heterocycles. The number of amides is 1. The highest BCUT2D eigenvalue weighted by Crippen LogP contribution is 2.33. The van der Waals surface area contributed by atoms with Gasteiger partial charge in [0.25, 0.3) is 0 Å². The van der Waals surface area contributed by atoms with Gasteiger partial charge in [-0.15, -0.1) is 0 Å². The maximum absolute atomic E-state index is 12.3. The average Bonchev–Trinajstić information content (AvgIpc) is 2.44. The van der Waals surface area contributed by atoms with Gasteiger partial charge >= 0.3 is 5.97 Å². The van der Waals surface area contributed by atoms with Crippen LogP contribution in [0.25, 0.3) is 0 Å². The number of carbonyl (C=O) groups excluding carboxylic acids is 1. The zero-order chi connectivity index (χ0) is 15.5. The van der Waals surface area contributed by atoms with E-state index in [1.165, 1.54) is 0 Å². The molecule has 0 aromatic rings. The van der Waals surface area contributed by atoms with Crippen LogP contribution in [-0.4, -0.2) is 34.2 Å². The van der Waals surface area contributed by atoms with Crippen molar-refractivity contribution in [1.82, 2.24) is 5.32 Å². The maximum Gasteiger partial charge on any atom is 0.307 e. The van der Waals surface area contributed by atoms with Crippen LogP contribution in [0.2, 0.25) is 0 Å². The highest BCUT2D eigenvalue weighted by atomic mass is 16.4. The molecule has 2 saturated carbocycles. The molecule has 1 amide bonds. The van der Waals surface area contributed by atoms with Crippen molar-refractivity contribution in [2.45, 2.75) is 63.9 Å². The second-order valence-corrected chi connectivity index (χ2v) is 6.98. The van der Waals surface area contributed by atoms with Crippen molar-refractivity contribution in [1.29, 1.82) is 0 Å². The van der Waals surface area contributed by atoms with Gasteiger partial charge < -0.3 is 15.5 Å². The fourth-order valence-corrected chi connectivity index (χ4v) is 3.92. The van der Waals surface area contributed by atoms with Crippen LogP contribution in [0.4, 0.5) is 0 Å². The summed E-state index contributed by atoms with van der Waals surface area (Å²) >= 11 is 0. The summed E-state index contributed by atoms with van der Waals surface area (Å²) in [4.78, 5) is 23.5. The van der Waals surface area contributed by atoms with Gasteiger partial charge in [-0.1, -0.05) is 32.6 Å². The molecule has 0 bridgehead atoms. The molecular weight excluding hydrogens is 270 g/mol. The summed E-state index contributed by atoms with van der Waals surface area (Å²) in [6.07, 6.45) is 6.53. The van der Waals surface area contributed by atoms with Gasteiger partial charge in [-0.3, -0.25) is 9.59 Å². The Morgan fingerprint density at radius 2 is 1.81 bits per heavy atom. The Bertz CT molecular complexity index is 398. The number of rotatable bonds is 4. The predicted molar refractivity (Wildman–Crippen MR) is 78.7 cm³/mol. The minimum absolute atomic E-state index is 0.200. The average molecular weight is 297 g/mol. The molecule has 2 fully saturated rings. The zero-order valence-corrected chi connectivity index (χ0v) is 12.8. The monoisotopic (exact) mass is 297 g/mol. The van der Waals surface area contributed by atoms with Crippen molar-refractivity contribution >= 4 is 11.9 Å². The molecule has 4 atom stereocenters. The predicted octanol–water partition coefficient (Wildman–Crippen LogP) is 1.93. The number of aliphatic carboxylic acids is 1. The molecule has 3 N–H and O–H groups in total. The Morgan fingerprint density at radius 3 is 2.43 bits per heavy atom. The fraction of sp³-hybridized carbons (Fsp3) is 0.875. The van der Waals surface area contributed by atoms with Gasteiger partial charge in [0.05, 0.1) is 17.4 Å². The Morgan fingerprint density at radius 1 is 1.14 bits per heavy atom. The summed E-state index contributed by atoms with van der Waals surface area (Å²) in [5, 5.41) is 22.6. The van der Waals surface area contributed by atoms with Crippen LogP contribution >= 0.6 is 0 Å². The van der Waals surface area contributed by atoms with Crippen LogP contribution in [-0.2, 0) is 9.59 Å². The van der Waals surface area contributed by atoms with Gasteiger partial charge in [0.2, 0.25) is 5.91 Å². The van der Waals surface area contributed by atoms with Crippen LogP contribution in [0.3, 0.4) is 0 Å². The van der Waals surface area contributed by atoms with E-state index in [0.29, 0.717) is 31.6 Å². The number of carboxylic acids is 1. The molecule has 0 aromatic heterocycles. The lowest BCUT2D eigenvalue weighted by molar-refractivity contribution is -0.149. The lowest BCUT2D eigenvalue weighted by Crippen LogP contribution is -2.48. The molecule has 5 nitrogen and oxygen atoms in total. The van der Waals surface area contributed by atoms with Gasteiger partial charge in [0.15, 0.2) is 0 Å². The number of carboxylic acid groups (broad SMARTS) is 1. The largest absolute Gasteiger partial charge is 0.481 e. The zero-order valence-electron chi connectivity index (χ0n) is 12.8. The van der Waals surface area contributed by atoms with Crippen LogP contribution in [0.1, 0.15) is 58.3 Å². The molecule has 4 unspecified atom stereocenters. The van der Waals surface area contributed by atoms with Gasteiger partial charge in [0, 0.05) is 6.54 Å². The quantitative estimate of drug-likeness (QED) is 0.740. The van der Waals surface area contributed by atoms with Gasteiger partial charge in [-0.05, 0) is 31.6 Å². The van der Waals surface area contributed by atoms with Crippen molar-refractivity contribution in [3.05, 3.63) is 0 Å². The molecule has 0 aromatic carbocycles. The SMILES string of the molecule is CC1CCCC(O)(CNC(=O)C2CCCCC2C(=O)O)C1. The number of hydrogen-bond donors (Lipinski definition) is 3. The van der Waals surface area contributed by atoms with Gasteiger partial charge in [-0.25, -0.2) is 0 Å². The van der Waals surface area contributed by atoms with E-state index in [-0.39, 0.29) is 12.5 Å². The van der Waals surface area contributed by atoms with E-state index in [1.807, 2.05) is 0 Å². The number of hydrogen-bond acceptors (Lipinski definition) is 3. The van der Waals surface area contributed by atoms with Crippen LogP contribution < -0.4 is 5.32 Å². The summed E-state index contributed by atoms with van der Waals surface area (Å²) in [7, 11) is 0. The summed E-state index contributed by atoms with van der Waals surface area (Å²) in [5.74, 6) is -1.62. The van der Waals surface area contributed by atoms with Gasteiger partial charge in [0.1, 0.15) is 0 Å². The van der Waals surface area contributed by atoms with E-state index in [4.69, 9.17) is 0 Å². The molecule has 0 radical (unpaired) electrons. The fourth-order valence-electron chi connectivity index (χ4n) is 3.92. The Kier molecular flexibility index (Phi) is 5.25. The van der Waals surface area contributed by atoms with Crippen molar-refractivity contribution in [2.75, 3.05) is 6.54 Å². The Balaban J connectivity index is 1.89. The molecule has 2 aliphatic rings. The first-order valence-electron chi connectivity index (χ1n) is 8.14. The summed E-state index contributed by atoms with van der Waals surface area (Å²) in [6, 6.07) is 0. The van der Waals surface area contributed by atoms with Gasteiger partial charge in [-0.2, -0.15) is 0 Å². The van der Waals surface area contributed by atoms with Crippen LogP contribution in [0, 0.1) is 17.8 Å². The molecule has 0 saturated heterocycles. The normalized spacial score (nSPS) is 37.0. The third-order valence-electron chi connectivity index (χ3n) is 5.08. The summed E-state index contributed by atoms with van der Waals surface area (Å²) in [6.45, 7) is 2.37. The van der Waals surface area contributed by atoms with Crippen molar-refractivity contribution in [3.8, 4) is 0 Å². The highest BCUT2D eigenvalue weighted by molar-refractivity contribution is 5.84. The molecule has 0 spiro atoms. The second-order valence-electron chi connectivity index (χ2n) is 6.98. The van der Waals surface area contributed by atoms with Crippen molar-refractivity contribution in [2.24, 2.45) is 17.8 Å². The molecule has 5 heteroatoms. The molecule has 21 heavy (non-hydrogen) atoms. The minimum atomic E-state index is -0.875. The van der Waals surface area contributed by atoms with E-state index < -0.39 is 23.4 Å². The lowest BCUT2D eigenvalue weighted by atomic mass is 9.77. The third kappa shape index (κ3) is 4.19. The molecule has 2 rings (SSSR count). The number of carbonyl (C=O) groups is 2. The first-order valence-corrected chi connectivity index (χ1v) is 8.14. The van der Waals surface area contributed by atoms with Crippen LogP contribution in [0.15, 0.2) is 0 Å². The van der Waals surface area contributed by atoms with E-state index >= 15 is 0 Å². The number of aliphatic hydroxyl groups is 1. The van der Waals surface area contributed by atoms with E-state index in [1.54, 1.807) is 0 Å². The van der Waals surface area contributed by atoms with Crippen LogP contribution in [0.5, 0.6) is 0 Å². The smallest absolute Gasteiger partial charge is 0.307 e. The molecule has 0 heterocycles. The maximum atomic E-state index is 12.3. The van der Waals surface area contributed by atoms with Crippen molar-refractivity contribution < 1.29 is 19.8 Å².